The van der Waals surface area contributed by atoms with Crippen molar-refractivity contribution in [2.24, 2.45) is 0 Å². The summed E-state index contributed by atoms with van der Waals surface area (Å²) >= 11 is 1.30. The molecule has 7 heteroatoms. The summed E-state index contributed by atoms with van der Waals surface area (Å²) in [7, 11) is 1.29. The standard InChI is InChI=1S/C15H12N2O4S/c1-21-15(20)11-8-22-12(16-11)6-7-17-13(18)9-4-2-3-5-10(9)14(17)19/h2-5,8H,6-7H2,1H3. The summed E-state index contributed by atoms with van der Waals surface area (Å²) in [6.07, 6.45) is 0.410. The highest BCUT2D eigenvalue weighted by Crippen LogP contribution is 2.23. The summed E-state index contributed by atoms with van der Waals surface area (Å²) in [5.41, 5.74) is 1.11. The summed E-state index contributed by atoms with van der Waals surface area (Å²) < 4.78 is 4.59. The maximum atomic E-state index is 12.2. The van der Waals surface area contributed by atoms with Crippen LogP contribution < -0.4 is 0 Å². The Hall–Kier alpha value is -2.54. The van der Waals surface area contributed by atoms with Crippen LogP contribution in [0.25, 0.3) is 0 Å². The first-order chi connectivity index (χ1) is 10.6. The zero-order chi connectivity index (χ0) is 15.7. The first kappa shape index (κ1) is 14.4. The molecule has 0 spiro atoms. The number of nitrogens with zero attached hydrogens (tertiary/aromatic N) is 2. The smallest absolute Gasteiger partial charge is 0.357 e. The lowest BCUT2D eigenvalue weighted by Crippen LogP contribution is -2.31. The Bertz CT molecular complexity index is 733. The van der Waals surface area contributed by atoms with Crippen LogP contribution in [0.2, 0.25) is 0 Å². The van der Waals surface area contributed by atoms with Crippen molar-refractivity contribution in [1.29, 1.82) is 0 Å². The van der Waals surface area contributed by atoms with Gasteiger partial charge in [-0.25, -0.2) is 9.78 Å². The zero-order valence-corrected chi connectivity index (χ0v) is 12.6. The van der Waals surface area contributed by atoms with E-state index in [1.165, 1.54) is 23.3 Å². The molecule has 2 heterocycles. The predicted molar refractivity (Wildman–Crippen MR) is 79.0 cm³/mol. The van der Waals surface area contributed by atoms with Crippen LogP contribution in [-0.4, -0.2) is 41.3 Å². The fraction of sp³-hybridized carbons (Fsp3) is 0.200. The molecular weight excluding hydrogens is 304 g/mol. The van der Waals surface area contributed by atoms with Gasteiger partial charge >= 0.3 is 5.97 Å². The minimum absolute atomic E-state index is 0.237. The van der Waals surface area contributed by atoms with Crippen molar-refractivity contribution in [3.63, 3.8) is 0 Å². The molecule has 2 amide bonds. The number of aromatic nitrogens is 1. The van der Waals surface area contributed by atoms with E-state index >= 15 is 0 Å². The third-order valence-electron chi connectivity index (χ3n) is 3.37. The summed E-state index contributed by atoms with van der Waals surface area (Å²) in [6.45, 7) is 0.237. The van der Waals surface area contributed by atoms with Gasteiger partial charge in [0.1, 0.15) is 0 Å². The van der Waals surface area contributed by atoms with Gasteiger partial charge in [-0.1, -0.05) is 12.1 Å². The van der Waals surface area contributed by atoms with Gasteiger partial charge in [-0.05, 0) is 12.1 Å². The van der Waals surface area contributed by atoms with Crippen molar-refractivity contribution < 1.29 is 19.1 Å². The van der Waals surface area contributed by atoms with E-state index in [-0.39, 0.29) is 24.1 Å². The zero-order valence-electron chi connectivity index (χ0n) is 11.7. The summed E-state index contributed by atoms with van der Waals surface area (Å²) in [4.78, 5) is 41.1. The number of ether oxygens (including phenoxy) is 1. The molecule has 2 aromatic rings. The van der Waals surface area contributed by atoms with E-state index in [0.717, 1.165) is 0 Å². The fourth-order valence-corrected chi connectivity index (χ4v) is 3.03. The average molecular weight is 316 g/mol. The van der Waals surface area contributed by atoms with Crippen LogP contribution in [0.5, 0.6) is 0 Å². The summed E-state index contributed by atoms with van der Waals surface area (Å²) in [6, 6.07) is 6.76. The van der Waals surface area contributed by atoms with Crippen LogP contribution in [-0.2, 0) is 11.2 Å². The van der Waals surface area contributed by atoms with Crippen molar-refractivity contribution in [3.05, 3.63) is 51.5 Å². The van der Waals surface area contributed by atoms with Crippen LogP contribution in [0.1, 0.15) is 36.2 Å². The molecule has 3 rings (SSSR count). The number of amides is 2. The van der Waals surface area contributed by atoms with Crippen molar-refractivity contribution in [2.75, 3.05) is 13.7 Å². The van der Waals surface area contributed by atoms with Gasteiger partial charge in [0.15, 0.2) is 5.69 Å². The van der Waals surface area contributed by atoms with Crippen LogP contribution in [0.3, 0.4) is 0 Å². The second-order valence-electron chi connectivity index (χ2n) is 4.68. The van der Waals surface area contributed by atoms with Crippen LogP contribution in [0.15, 0.2) is 29.6 Å². The van der Waals surface area contributed by atoms with Gasteiger partial charge < -0.3 is 4.74 Å². The molecule has 0 radical (unpaired) electrons. The highest BCUT2D eigenvalue weighted by Gasteiger charge is 2.34. The number of carbonyl (C=O) groups excluding carboxylic acids is 3. The molecule has 1 aliphatic heterocycles. The third-order valence-corrected chi connectivity index (χ3v) is 4.28. The van der Waals surface area contributed by atoms with Gasteiger partial charge in [-0.2, -0.15) is 0 Å². The highest BCUT2D eigenvalue weighted by atomic mass is 32.1. The molecular formula is C15H12N2O4S. The number of imide groups is 1. The first-order valence-electron chi connectivity index (χ1n) is 6.59. The van der Waals surface area contributed by atoms with Crippen LogP contribution >= 0.6 is 11.3 Å². The number of rotatable bonds is 4. The molecule has 112 valence electrons. The van der Waals surface area contributed by atoms with Crippen molar-refractivity contribution in [2.45, 2.75) is 6.42 Å². The van der Waals surface area contributed by atoms with Gasteiger partial charge in [0, 0.05) is 18.3 Å². The Morgan fingerprint density at radius 3 is 2.45 bits per heavy atom. The normalized spacial score (nSPS) is 13.4. The minimum atomic E-state index is -0.497. The number of esters is 1. The Morgan fingerprint density at radius 1 is 1.23 bits per heavy atom. The molecule has 0 atom stereocenters. The molecule has 6 nitrogen and oxygen atoms in total. The number of hydrogen-bond donors (Lipinski definition) is 0. The second-order valence-corrected chi connectivity index (χ2v) is 5.62. The first-order valence-corrected chi connectivity index (χ1v) is 7.47. The van der Waals surface area contributed by atoms with Gasteiger partial charge in [-0.15, -0.1) is 11.3 Å². The van der Waals surface area contributed by atoms with Crippen molar-refractivity contribution >= 4 is 29.1 Å². The van der Waals surface area contributed by atoms with E-state index in [0.29, 0.717) is 22.6 Å². The molecule has 0 bridgehead atoms. The number of thiazole rings is 1. The molecule has 0 unspecified atom stereocenters. The van der Waals surface area contributed by atoms with Gasteiger partial charge in [0.05, 0.1) is 23.2 Å². The Morgan fingerprint density at radius 2 is 1.86 bits per heavy atom. The third kappa shape index (κ3) is 2.39. The lowest BCUT2D eigenvalue weighted by atomic mass is 10.1. The largest absolute Gasteiger partial charge is 0.464 e. The summed E-state index contributed by atoms with van der Waals surface area (Å²) in [5.74, 6) is -1.07. The fourth-order valence-electron chi connectivity index (χ4n) is 2.27. The monoisotopic (exact) mass is 316 g/mol. The average Bonchev–Trinajstić information content (AvgIpc) is 3.10. The SMILES string of the molecule is COC(=O)c1csc(CCN2C(=O)c3ccccc3C2=O)n1. The second kappa shape index (κ2) is 5.69. The van der Waals surface area contributed by atoms with Crippen molar-refractivity contribution in [3.8, 4) is 0 Å². The lowest BCUT2D eigenvalue weighted by Gasteiger charge is -2.12. The number of fused-ring (bicyclic) bond motifs is 1. The number of carbonyl (C=O) groups is 3. The van der Waals surface area contributed by atoms with E-state index in [2.05, 4.69) is 9.72 Å². The molecule has 22 heavy (non-hydrogen) atoms. The van der Waals surface area contributed by atoms with Gasteiger partial charge in [0.2, 0.25) is 0 Å². The molecule has 0 saturated carbocycles. The molecule has 0 saturated heterocycles. The molecule has 1 aliphatic rings. The van der Waals surface area contributed by atoms with E-state index < -0.39 is 5.97 Å². The van der Waals surface area contributed by atoms with E-state index in [9.17, 15) is 14.4 Å². The molecule has 1 aromatic heterocycles. The number of benzene rings is 1. The van der Waals surface area contributed by atoms with Gasteiger partial charge in [-0.3, -0.25) is 14.5 Å². The highest BCUT2D eigenvalue weighted by molar-refractivity contribution is 7.09. The van der Waals surface area contributed by atoms with Gasteiger partial charge in [0.25, 0.3) is 11.8 Å². The Labute approximate surface area is 130 Å². The Kier molecular flexibility index (Phi) is 3.72. The van der Waals surface area contributed by atoms with E-state index in [4.69, 9.17) is 0 Å². The predicted octanol–water partition coefficient (Wildman–Crippen LogP) is 1.77. The van der Waals surface area contributed by atoms with Crippen LogP contribution in [0.4, 0.5) is 0 Å². The number of methoxy groups -OCH3 is 1. The lowest BCUT2D eigenvalue weighted by molar-refractivity contribution is 0.0591. The summed E-state index contributed by atoms with van der Waals surface area (Å²) in [5, 5.41) is 2.28. The molecule has 0 fully saturated rings. The Balaban J connectivity index is 1.70. The van der Waals surface area contributed by atoms with Crippen molar-refractivity contribution in [1.82, 2.24) is 9.88 Å². The molecule has 1 aromatic carbocycles. The molecule has 0 aliphatic carbocycles. The topological polar surface area (TPSA) is 76.6 Å². The maximum Gasteiger partial charge on any atom is 0.357 e. The minimum Gasteiger partial charge on any atom is -0.464 e. The molecule has 0 N–H and O–H groups in total. The van der Waals surface area contributed by atoms with E-state index in [1.54, 1.807) is 29.6 Å². The number of hydrogen-bond acceptors (Lipinski definition) is 6. The van der Waals surface area contributed by atoms with Crippen LogP contribution in [0, 0.1) is 0 Å². The maximum absolute atomic E-state index is 12.2. The quantitative estimate of drug-likeness (QED) is 0.634. The van der Waals surface area contributed by atoms with E-state index in [1.807, 2.05) is 0 Å².